The SMILES string of the molecule is CCN(C(=O)Nc1cc(C)ccc1F)C(C)(C)C(=O)O. The number of carbonyl (C=O) groups excluding carboxylic acids is 1. The predicted molar refractivity (Wildman–Crippen MR) is 74.3 cm³/mol. The van der Waals surface area contributed by atoms with Crippen molar-refractivity contribution in [2.45, 2.75) is 33.2 Å². The van der Waals surface area contributed by atoms with Crippen LogP contribution < -0.4 is 5.32 Å². The molecule has 0 radical (unpaired) electrons. The lowest BCUT2D eigenvalue weighted by Gasteiger charge is -2.34. The van der Waals surface area contributed by atoms with Gasteiger partial charge in [0.05, 0.1) is 5.69 Å². The molecule has 2 N–H and O–H groups in total. The molecule has 0 aliphatic heterocycles. The largest absolute Gasteiger partial charge is 0.480 e. The molecule has 0 bridgehead atoms. The fraction of sp³-hybridized carbons (Fsp3) is 0.429. The van der Waals surface area contributed by atoms with Crippen molar-refractivity contribution in [2.24, 2.45) is 0 Å². The molecule has 0 saturated heterocycles. The summed E-state index contributed by atoms with van der Waals surface area (Å²) in [7, 11) is 0. The average molecular weight is 282 g/mol. The molecular formula is C14H19FN2O3. The summed E-state index contributed by atoms with van der Waals surface area (Å²) in [6.07, 6.45) is 0. The lowest BCUT2D eigenvalue weighted by molar-refractivity contribution is -0.147. The summed E-state index contributed by atoms with van der Waals surface area (Å²) in [6, 6.07) is 3.69. The first-order valence-corrected chi connectivity index (χ1v) is 6.28. The van der Waals surface area contributed by atoms with Gasteiger partial charge in [-0.3, -0.25) is 0 Å². The number of hydrogen-bond donors (Lipinski definition) is 2. The number of anilines is 1. The van der Waals surface area contributed by atoms with Crippen molar-refractivity contribution < 1.29 is 19.1 Å². The van der Waals surface area contributed by atoms with Gasteiger partial charge in [0.2, 0.25) is 0 Å². The van der Waals surface area contributed by atoms with Gasteiger partial charge < -0.3 is 15.3 Å². The average Bonchev–Trinajstić information content (AvgIpc) is 2.34. The second-order valence-corrected chi connectivity index (χ2v) is 5.02. The van der Waals surface area contributed by atoms with E-state index in [4.69, 9.17) is 5.11 Å². The zero-order chi connectivity index (χ0) is 15.5. The molecule has 1 aromatic rings. The Kier molecular flexibility index (Phi) is 4.70. The fourth-order valence-corrected chi connectivity index (χ4v) is 1.83. The minimum atomic E-state index is -1.38. The normalized spacial score (nSPS) is 11.1. The number of nitrogens with one attached hydrogen (secondary N) is 1. The maximum absolute atomic E-state index is 13.6. The van der Waals surface area contributed by atoms with Crippen molar-refractivity contribution >= 4 is 17.7 Å². The van der Waals surface area contributed by atoms with Crippen LogP contribution in [0.15, 0.2) is 18.2 Å². The van der Waals surface area contributed by atoms with Gasteiger partial charge >= 0.3 is 12.0 Å². The highest BCUT2D eigenvalue weighted by Gasteiger charge is 2.37. The minimum Gasteiger partial charge on any atom is -0.480 e. The maximum Gasteiger partial charge on any atom is 0.329 e. The van der Waals surface area contributed by atoms with Crippen LogP contribution in [0.2, 0.25) is 0 Å². The van der Waals surface area contributed by atoms with E-state index < -0.39 is 23.4 Å². The number of nitrogens with zero attached hydrogens (tertiary/aromatic N) is 1. The summed E-state index contributed by atoms with van der Waals surface area (Å²) in [5, 5.41) is 11.6. The zero-order valence-electron chi connectivity index (χ0n) is 12.0. The molecule has 1 aromatic carbocycles. The second-order valence-electron chi connectivity index (χ2n) is 5.02. The van der Waals surface area contributed by atoms with Crippen molar-refractivity contribution in [1.29, 1.82) is 0 Å². The molecule has 5 nitrogen and oxygen atoms in total. The second kappa shape index (κ2) is 5.90. The number of benzene rings is 1. The summed E-state index contributed by atoms with van der Waals surface area (Å²) in [4.78, 5) is 24.5. The molecule has 1 rings (SSSR count). The van der Waals surface area contributed by atoms with Crippen molar-refractivity contribution in [3.8, 4) is 0 Å². The number of urea groups is 1. The van der Waals surface area contributed by atoms with E-state index in [0.29, 0.717) is 0 Å². The molecule has 0 heterocycles. The van der Waals surface area contributed by atoms with Crippen LogP contribution >= 0.6 is 0 Å². The molecule has 20 heavy (non-hydrogen) atoms. The first-order valence-electron chi connectivity index (χ1n) is 6.28. The third-order valence-electron chi connectivity index (χ3n) is 3.12. The van der Waals surface area contributed by atoms with Crippen LogP contribution in [0.1, 0.15) is 26.3 Å². The number of hydrogen-bond acceptors (Lipinski definition) is 2. The summed E-state index contributed by atoms with van der Waals surface area (Å²) in [5.41, 5.74) is -0.545. The lowest BCUT2D eigenvalue weighted by atomic mass is 10.0. The molecule has 6 heteroatoms. The lowest BCUT2D eigenvalue weighted by Crippen LogP contribution is -2.54. The smallest absolute Gasteiger partial charge is 0.329 e. The van der Waals surface area contributed by atoms with Gasteiger partial charge in [-0.2, -0.15) is 0 Å². The maximum atomic E-state index is 13.6. The van der Waals surface area contributed by atoms with Crippen LogP contribution in [0.3, 0.4) is 0 Å². The van der Waals surface area contributed by atoms with E-state index in [-0.39, 0.29) is 12.2 Å². The molecule has 2 amide bonds. The highest BCUT2D eigenvalue weighted by atomic mass is 19.1. The standard InChI is InChI=1S/C14H19FN2O3/c1-5-17(14(3,4)12(18)19)13(20)16-11-8-9(2)6-7-10(11)15/h6-8H,5H2,1-4H3,(H,16,20)(H,18,19). The third-order valence-corrected chi connectivity index (χ3v) is 3.12. The number of rotatable bonds is 4. The van der Waals surface area contributed by atoms with Gasteiger partial charge in [-0.05, 0) is 45.4 Å². The number of carbonyl (C=O) groups is 2. The Morgan fingerprint density at radius 3 is 2.50 bits per heavy atom. The van der Waals surface area contributed by atoms with E-state index in [2.05, 4.69) is 5.32 Å². The molecule has 0 unspecified atom stereocenters. The molecular weight excluding hydrogens is 263 g/mol. The molecule has 0 spiro atoms. The van der Waals surface area contributed by atoms with Crippen LogP contribution in [0, 0.1) is 12.7 Å². The van der Waals surface area contributed by atoms with Crippen LogP contribution in [0.25, 0.3) is 0 Å². The third kappa shape index (κ3) is 3.26. The van der Waals surface area contributed by atoms with Gasteiger partial charge in [-0.1, -0.05) is 6.07 Å². The first-order chi connectivity index (χ1) is 9.20. The highest BCUT2D eigenvalue weighted by molar-refractivity contribution is 5.93. The quantitative estimate of drug-likeness (QED) is 0.892. The van der Waals surface area contributed by atoms with Crippen LogP contribution in [-0.4, -0.2) is 34.1 Å². The number of aliphatic carboxylic acids is 1. The van der Waals surface area contributed by atoms with E-state index in [9.17, 15) is 14.0 Å². The monoisotopic (exact) mass is 282 g/mol. The topological polar surface area (TPSA) is 69.6 Å². The van der Waals surface area contributed by atoms with Gasteiger partial charge in [-0.25, -0.2) is 14.0 Å². The highest BCUT2D eigenvalue weighted by Crippen LogP contribution is 2.19. The molecule has 110 valence electrons. The Morgan fingerprint density at radius 2 is 2.00 bits per heavy atom. The van der Waals surface area contributed by atoms with Gasteiger partial charge in [0.15, 0.2) is 0 Å². The Morgan fingerprint density at radius 1 is 1.40 bits per heavy atom. The summed E-state index contributed by atoms with van der Waals surface area (Å²) in [5.74, 6) is -1.69. The molecule has 0 aliphatic rings. The number of amides is 2. The van der Waals surface area contributed by atoms with Crippen molar-refractivity contribution in [3.05, 3.63) is 29.6 Å². The fourth-order valence-electron chi connectivity index (χ4n) is 1.83. The molecule has 0 aromatic heterocycles. The molecule has 0 saturated carbocycles. The van der Waals surface area contributed by atoms with E-state index in [1.807, 2.05) is 0 Å². The Balaban J connectivity index is 2.99. The van der Waals surface area contributed by atoms with Crippen molar-refractivity contribution in [3.63, 3.8) is 0 Å². The summed E-state index contributed by atoms with van der Waals surface area (Å²) >= 11 is 0. The number of likely N-dealkylation sites (N-methyl/N-ethyl adjacent to an activating group) is 1. The van der Waals surface area contributed by atoms with E-state index in [1.165, 1.54) is 26.0 Å². The molecule has 0 aliphatic carbocycles. The van der Waals surface area contributed by atoms with Gasteiger partial charge in [0, 0.05) is 6.54 Å². The minimum absolute atomic E-state index is 0.0367. The van der Waals surface area contributed by atoms with Crippen molar-refractivity contribution in [2.75, 3.05) is 11.9 Å². The van der Waals surface area contributed by atoms with Crippen molar-refractivity contribution in [1.82, 2.24) is 4.90 Å². The zero-order valence-corrected chi connectivity index (χ0v) is 12.0. The Labute approximate surface area is 117 Å². The first kappa shape index (κ1) is 15.9. The summed E-state index contributed by atoms with van der Waals surface area (Å²) < 4.78 is 13.6. The van der Waals surface area contributed by atoms with Gasteiger partial charge in [-0.15, -0.1) is 0 Å². The van der Waals surface area contributed by atoms with Gasteiger partial charge in [0.1, 0.15) is 11.4 Å². The number of carboxylic acids is 1. The van der Waals surface area contributed by atoms with E-state index >= 15 is 0 Å². The van der Waals surface area contributed by atoms with E-state index in [1.54, 1.807) is 19.9 Å². The van der Waals surface area contributed by atoms with Crippen LogP contribution in [-0.2, 0) is 4.79 Å². The molecule has 0 atom stereocenters. The Hall–Kier alpha value is -2.11. The van der Waals surface area contributed by atoms with Crippen LogP contribution in [0.5, 0.6) is 0 Å². The number of halogens is 1. The number of carboxylic acid groups (broad SMARTS) is 1. The van der Waals surface area contributed by atoms with E-state index in [0.717, 1.165) is 10.5 Å². The molecule has 0 fully saturated rings. The van der Waals surface area contributed by atoms with Crippen LogP contribution in [0.4, 0.5) is 14.9 Å². The number of aryl methyl sites for hydroxylation is 1. The summed E-state index contributed by atoms with van der Waals surface area (Å²) in [6.45, 7) is 6.47. The predicted octanol–water partition coefficient (Wildman–Crippen LogP) is 2.85. The van der Waals surface area contributed by atoms with Gasteiger partial charge in [0.25, 0.3) is 0 Å². The Bertz CT molecular complexity index is 529.